The van der Waals surface area contributed by atoms with Crippen LogP contribution in [0.25, 0.3) is 0 Å². The number of methoxy groups -OCH3 is 2. The molecule has 2 atom stereocenters. The monoisotopic (exact) mass is 261 g/mol. The van der Waals surface area contributed by atoms with E-state index in [1.165, 1.54) is 14.2 Å². The first-order valence-corrected chi connectivity index (χ1v) is 5.81. The number of aliphatic carboxylic acids is 1. The second-order valence-electron chi connectivity index (χ2n) is 4.27. The zero-order valence-electron chi connectivity index (χ0n) is 10.5. The fourth-order valence-corrected chi connectivity index (χ4v) is 2.35. The number of carboxylic acids is 1. The lowest BCUT2D eigenvalue weighted by Gasteiger charge is -2.39. The highest BCUT2D eigenvalue weighted by Gasteiger charge is 2.39. The van der Waals surface area contributed by atoms with Gasteiger partial charge in [0.25, 0.3) is 0 Å². The molecule has 1 aliphatic rings. The topological polar surface area (TPSA) is 96.3 Å². The molecule has 0 bridgehead atoms. The van der Waals surface area contributed by atoms with Gasteiger partial charge in [0, 0.05) is 26.7 Å². The number of carboxylic acid groups (broad SMARTS) is 2. The van der Waals surface area contributed by atoms with E-state index in [1.807, 2.05) is 0 Å². The highest BCUT2D eigenvalue weighted by Crippen LogP contribution is 2.27. The largest absolute Gasteiger partial charge is 0.480 e. The lowest BCUT2D eigenvalue weighted by atomic mass is 9.94. The van der Waals surface area contributed by atoms with Crippen molar-refractivity contribution in [2.45, 2.75) is 44.1 Å². The SMILES string of the molecule is COC(CC1CCCC(C(=O)O)N1C(=O)O)OC. The quantitative estimate of drug-likeness (QED) is 0.716. The molecule has 7 nitrogen and oxygen atoms in total. The molecule has 0 aliphatic carbocycles. The molecule has 1 heterocycles. The zero-order chi connectivity index (χ0) is 13.7. The van der Waals surface area contributed by atoms with E-state index in [9.17, 15) is 9.59 Å². The molecule has 1 amide bonds. The maximum atomic E-state index is 11.2. The summed E-state index contributed by atoms with van der Waals surface area (Å²) in [6.07, 6.45) is 0.263. The molecule has 1 rings (SSSR count). The summed E-state index contributed by atoms with van der Waals surface area (Å²) in [4.78, 5) is 23.3. The van der Waals surface area contributed by atoms with Crippen LogP contribution in [-0.4, -0.2) is 59.8 Å². The number of carbonyl (C=O) groups is 2. The molecule has 1 aliphatic heterocycles. The zero-order valence-corrected chi connectivity index (χ0v) is 10.5. The van der Waals surface area contributed by atoms with Gasteiger partial charge in [-0.05, 0) is 19.3 Å². The van der Waals surface area contributed by atoms with Crippen LogP contribution < -0.4 is 0 Å². The van der Waals surface area contributed by atoms with Crippen LogP contribution in [0.1, 0.15) is 25.7 Å². The van der Waals surface area contributed by atoms with Crippen molar-refractivity contribution in [3.8, 4) is 0 Å². The van der Waals surface area contributed by atoms with E-state index in [0.29, 0.717) is 25.7 Å². The lowest BCUT2D eigenvalue weighted by molar-refractivity contribution is -0.148. The highest BCUT2D eigenvalue weighted by atomic mass is 16.7. The maximum absolute atomic E-state index is 11.2. The van der Waals surface area contributed by atoms with E-state index >= 15 is 0 Å². The molecule has 0 radical (unpaired) electrons. The van der Waals surface area contributed by atoms with Gasteiger partial charge < -0.3 is 19.7 Å². The summed E-state index contributed by atoms with van der Waals surface area (Å²) in [6, 6.07) is -1.36. The average Bonchev–Trinajstić information content (AvgIpc) is 2.35. The Morgan fingerprint density at radius 2 is 1.89 bits per heavy atom. The molecule has 0 aromatic carbocycles. The number of ether oxygens (including phenoxy) is 2. The summed E-state index contributed by atoms with van der Waals surface area (Å²) >= 11 is 0. The molecule has 0 aromatic heterocycles. The number of hydrogen-bond donors (Lipinski definition) is 2. The van der Waals surface area contributed by atoms with E-state index < -0.39 is 24.4 Å². The second-order valence-corrected chi connectivity index (χ2v) is 4.27. The summed E-state index contributed by atoms with van der Waals surface area (Å²) in [7, 11) is 2.94. The Bertz CT molecular complexity index is 304. The van der Waals surface area contributed by atoms with E-state index in [0.717, 1.165) is 4.90 Å². The average molecular weight is 261 g/mol. The first-order valence-electron chi connectivity index (χ1n) is 5.81. The van der Waals surface area contributed by atoms with Crippen molar-refractivity contribution in [3.05, 3.63) is 0 Å². The van der Waals surface area contributed by atoms with Gasteiger partial charge in [-0.15, -0.1) is 0 Å². The maximum Gasteiger partial charge on any atom is 0.408 e. The van der Waals surface area contributed by atoms with Gasteiger partial charge in [-0.25, -0.2) is 9.59 Å². The van der Waals surface area contributed by atoms with Crippen molar-refractivity contribution in [3.63, 3.8) is 0 Å². The van der Waals surface area contributed by atoms with Crippen molar-refractivity contribution >= 4 is 12.1 Å². The Labute approximate surface area is 105 Å². The van der Waals surface area contributed by atoms with E-state index in [-0.39, 0.29) is 6.04 Å². The Kier molecular flexibility index (Phi) is 5.36. The van der Waals surface area contributed by atoms with Crippen molar-refractivity contribution in [1.82, 2.24) is 4.90 Å². The number of likely N-dealkylation sites (tertiary alicyclic amines) is 1. The third kappa shape index (κ3) is 3.33. The third-order valence-corrected chi connectivity index (χ3v) is 3.24. The van der Waals surface area contributed by atoms with Crippen LogP contribution in [0.4, 0.5) is 4.79 Å². The Balaban J connectivity index is 2.80. The van der Waals surface area contributed by atoms with Crippen LogP contribution in [-0.2, 0) is 14.3 Å². The van der Waals surface area contributed by atoms with Gasteiger partial charge in [0.2, 0.25) is 0 Å². The molecular formula is C11H19NO6. The third-order valence-electron chi connectivity index (χ3n) is 3.24. The summed E-state index contributed by atoms with van der Waals surface area (Å²) < 4.78 is 10.1. The molecule has 2 N–H and O–H groups in total. The van der Waals surface area contributed by atoms with Crippen LogP contribution in [0.2, 0.25) is 0 Å². The highest BCUT2D eigenvalue weighted by molar-refractivity contribution is 5.79. The minimum atomic E-state index is -1.21. The number of nitrogens with zero attached hydrogens (tertiary/aromatic N) is 1. The first kappa shape index (κ1) is 14.7. The lowest BCUT2D eigenvalue weighted by Crippen LogP contribution is -2.53. The Morgan fingerprint density at radius 1 is 1.28 bits per heavy atom. The van der Waals surface area contributed by atoms with Gasteiger partial charge in [0.1, 0.15) is 6.04 Å². The van der Waals surface area contributed by atoms with Gasteiger partial charge in [0.15, 0.2) is 6.29 Å². The van der Waals surface area contributed by atoms with E-state index in [4.69, 9.17) is 19.7 Å². The minimum absolute atomic E-state index is 0.336. The normalized spacial score (nSPS) is 24.3. The van der Waals surface area contributed by atoms with Gasteiger partial charge in [-0.2, -0.15) is 0 Å². The summed E-state index contributed by atoms with van der Waals surface area (Å²) in [5, 5.41) is 18.2. The standard InChI is InChI=1S/C11H19NO6/c1-17-9(18-2)6-7-4-3-5-8(10(13)14)12(7)11(15)16/h7-9H,3-6H2,1-2H3,(H,13,14)(H,15,16). The number of amides is 1. The fourth-order valence-electron chi connectivity index (χ4n) is 2.35. The van der Waals surface area contributed by atoms with Gasteiger partial charge >= 0.3 is 12.1 Å². The van der Waals surface area contributed by atoms with Crippen molar-refractivity contribution in [2.24, 2.45) is 0 Å². The second kappa shape index (κ2) is 6.55. The number of hydrogen-bond acceptors (Lipinski definition) is 4. The molecule has 2 unspecified atom stereocenters. The van der Waals surface area contributed by atoms with Crippen LogP contribution >= 0.6 is 0 Å². The number of rotatable bonds is 5. The van der Waals surface area contributed by atoms with Gasteiger partial charge in [0.05, 0.1) is 0 Å². The molecule has 0 aromatic rings. The minimum Gasteiger partial charge on any atom is -0.480 e. The Morgan fingerprint density at radius 3 is 2.33 bits per heavy atom. The van der Waals surface area contributed by atoms with E-state index in [1.54, 1.807) is 0 Å². The van der Waals surface area contributed by atoms with Crippen LogP contribution in [0.3, 0.4) is 0 Å². The Hall–Kier alpha value is -1.34. The number of piperidine rings is 1. The van der Waals surface area contributed by atoms with E-state index in [2.05, 4.69) is 0 Å². The van der Waals surface area contributed by atoms with Crippen molar-refractivity contribution < 1.29 is 29.3 Å². The summed E-state index contributed by atoms with van der Waals surface area (Å²) in [5.74, 6) is -1.10. The smallest absolute Gasteiger partial charge is 0.408 e. The molecule has 1 fully saturated rings. The van der Waals surface area contributed by atoms with Gasteiger partial charge in [-0.1, -0.05) is 0 Å². The van der Waals surface area contributed by atoms with Crippen LogP contribution in [0.15, 0.2) is 0 Å². The van der Waals surface area contributed by atoms with Crippen molar-refractivity contribution in [2.75, 3.05) is 14.2 Å². The van der Waals surface area contributed by atoms with Crippen LogP contribution in [0.5, 0.6) is 0 Å². The predicted molar refractivity (Wildman–Crippen MR) is 61.3 cm³/mol. The molecule has 0 spiro atoms. The molecular weight excluding hydrogens is 242 g/mol. The molecule has 0 saturated carbocycles. The first-order chi connectivity index (χ1) is 8.51. The summed E-state index contributed by atoms with van der Waals surface area (Å²) in [6.45, 7) is 0. The molecule has 18 heavy (non-hydrogen) atoms. The fraction of sp³-hybridized carbons (Fsp3) is 0.818. The molecule has 104 valence electrons. The molecule has 7 heteroatoms. The van der Waals surface area contributed by atoms with Gasteiger partial charge in [-0.3, -0.25) is 4.90 Å². The molecule has 1 saturated heterocycles. The van der Waals surface area contributed by atoms with Crippen LogP contribution in [0, 0.1) is 0 Å². The summed E-state index contributed by atoms with van der Waals surface area (Å²) in [5.41, 5.74) is 0. The van der Waals surface area contributed by atoms with Crippen molar-refractivity contribution in [1.29, 1.82) is 0 Å². The predicted octanol–water partition coefficient (Wildman–Crippen LogP) is 0.981.